The van der Waals surface area contributed by atoms with Crippen LogP contribution in [0.3, 0.4) is 0 Å². The minimum Gasteiger partial charge on any atom is -0.330 e. The van der Waals surface area contributed by atoms with Gasteiger partial charge in [0.05, 0.1) is 0 Å². The van der Waals surface area contributed by atoms with Gasteiger partial charge in [0.2, 0.25) is 0 Å². The number of hydrogen-bond acceptors (Lipinski definition) is 2. The largest absolute Gasteiger partial charge is 0.330 e. The maximum atomic E-state index is 6.07. The van der Waals surface area contributed by atoms with Crippen molar-refractivity contribution in [3.63, 3.8) is 0 Å². The van der Waals surface area contributed by atoms with Crippen molar-refractivity contribution < 1.29 is 0 Å². The molecule has 0 spiro atoms. The van der Waals surface area contributed by atoms with E-state index in [-0.39, 0.29) is 0 Å². The first-order valence-corrected chi connectivity index (χ1v) is 8.45. The Kier molecular flexibility index (Phi) is 7.38. The zero-order chi connectivity index (χ0) is 14.3. The third kappa shape index (κ3) is 5.83. The van der Waals surface area contributed by atoms with Gasteiger partial charge in [-0.1, -0.05) is 47.0 Å². The first-order chi connectivity index (χ1) is 9.00. The molecule has 114 valence electrons. The quantitative estimate of drug-likeness (QED) is 0.684. The fourth-order valence-corrected chi connectivity index (χ4v) is 3.42. The van der Waals surface area contributed by atoms with Gasteiger partial charge in [0, 0.05) is 12.6 Å². The van der Waals surface area contributed by atoms with Gasteiger partial charge in [0.1, 0.15) is 0 Å². The minimum atomic E-state index is 0.314. The Labute approximate surface area is 121 Å². The first kappa shape index (κ1) is 17.0. The molecule has 0 aromatic carbocycles. The predicted octanol–water partition coefficient (Wildman–Crippen LogP) is 4.04. The molecule has 0 radical (unpaired) electrons. The lowest BCUT2D eigenvalue weighted by atomic mass is 9.84. The van der Waals surface area contributed by atoms with E-state index in [1.807, 2.05) is 0 Å². The van der Waals surface area contributed by atoms with Crippen LogP contribution in [-0.2, 0) is 0 Å². The van der Waals surface area contributed by atoms with Gasteiger partial charge in [-0.3, -0.25) is 4.90 Å². The zero-order valence-electron chi connectivity index (χ0n) is 13.8. The summed E-state index contributed by atoms with van der Waals surface area (Å²) in [7, 11) is 0. The topological polar surface area (TPSA) is 29.3 Å². The number of nitrogens with two attached hydrogens (primary N) is 1. The summed E-state index contributed by atoms with van der Waals surface area (Å²) in [5, 5.41) is 0. The number of nitrogens with zero attached hydrogens (tertiary/aromatic N) is 1. The molecule has 2 N–H and O–H groups in total. The third-order valence-electron chi connectivity index (χ3n) is 4.77. The van der Waals surface area contributed by atoms with E-state index < -0.39 is 0 Å². The predicted molar refractivity (Wildman–Crippen MR) is 85.4 cm³/mol. The lowest BCUT2D eigenvalue weighted by Gasteiger charge is -2.38. The van der Waals surface area contributed by atoms with Crippen LogP contribution >= 0.6 is 0 Å². The summed E-state index contributed by atoms with van der Waals surface area (Å²) in [6.45, 7) is 12.6. The monoisotopic (exact) mass is 268 g/mol. The summed E-state index contributed by atoms with van der Waals surface area (Å²) in [5.74, 6) is 0.805. The maximum Gasteiger partial charge on any atom is 0.00955 e. The highest BCUT2D eigenvalue weighted by molar-refractivity contribution is 4.85. The molecule has 1 aliphatic carbocycles. The normalized spacial score (nSPS) is 20.4. The van der Waals surface area contributed by atoms with Crippen molar-refractivity contribution in [2.45, 2.75) is 78.7 Å². The molecule has 1 aliphatic rings. The summed E-state index contributed by atoms with van der Waals surface area (Å²) in [5.41, 5.74) is 6.38. The van der Waals surface area contributed by atoms with Crippen LogP contribution in [0.5, 0.6) is 0 Å². The molecule has 1 fully saturated rings. The Morgan fingerprint density at radius 3 is 2.37 bits per heavy atom. The van der Waals surface area contributed by atoms with Gasteiger partial charge in [-0.15, -0.1) is 0 Å². The van der Waals surface area contributed by atoms with Crippen LogP contribution in [0.2, 0.25) is 0 Å². The Morgan fingerprint density at radius 2 is 1.89 bits per heavy atom. The smallest absolute Gasteiger partial charge is 0.00955 e. The van der Waals surface area contributed by atoms with E-state index in [2.05, 4.69) is 32.6 Å². The second-order valence-corrected chi connectivity index (χ2v) is 7.36. The Hall–Kier alpha value is -0.0800. The van der Waals surface area contributed by atoms with Crippen LogP contribution in [-0.4, -0.2) is 30.6 Å². The van der Waals surface area contributed by atoms with Gasteiger partial charge < -0.3 is 5.73 Å². The SMILES string of the molecule is CCCC(C)(CN)CN(CCC(C)C)C1CCCC1. The summed E-state index contributed by atoms with van der Waals surface area (Å²) in [6, 6.07) is 0.835. The molecule has 19 heavy (non-hydrogen) atoms. The van der Waals surface area contributed by atoms with Gasteiger partial charge in [0.15, 0.2) is 0 Å². The van der Waals surface area contributed by atoms with Crippen LogP contribution in [0.25, 0.3) is 0 Å². The average molecular weight is 268 g/mol. The number of rotatable bonds is 9. The van der Waals surface area contributed by atoms with Crippen molar-refractivity contribution in [1.82, 2.24) is 4.90 Å². The van der Waals surface area contributed by atoms with Crippen molar-refractivity contribution in [3.8, 4) is 0 Å². The molecule has 2 heteroatoms. The van der Waals surface area contributed by atoms with Crippen molar-refractivity contribution in [2.24, 2.45) is 17.1 Å². The lowest BCUT2D eigenvalue weighted by molar-refractivity contribution is 0.111. The molecule has 0 heterocycles. The molecule has 0 bridgehead atoms. The molecule has 0 aliphatic heterocycles. The van der Waals surface area contributed by atoms with E-state index in [9.17, 15) is 0 Å². The van der Waals surface area contributed by atoms with Crippen LogP contribution in [0.1, 0.15) is 72.6 Å². The average Bonchev–Trinajstić information content (AvgIpc) is 2.88. The van der Waals surface area contributed by atoms with E-state index in [4.69, 9.17) is 5.73 Å². The molecule has 1 unspecified atom stereocenters. The molecule has 0 aromatic rings. The van der Waals surface area contributed by atoms with E-state index in [1.165, 1.54) is 58.0 Å². The van der Waals surface area contributed by atoms with Crippen LogP contribution in [0.15, 0.2) is 0 Å². The van der Waals surface area contributed by atoms with Gasteiger partial charge in [-0.05, 0) is 50.1 Å². The van der Waals surface area contributed by atoms with Crippen LogP contribution < -0.4 is 5.73 Å². The Balaban J connectivity index is 2.60. The summed E-state index contributed by atoms with van der Waals surface area (Å²) in [6.07, 6.45) is 9.50. The molecule has 1 atom stereocenters. The van der Waals surface area contributed by atoms with Crippen LogP contribution in [0, 0.1) is 11.3 Å². The zero-order valence-corrected chi connectivity index (χ0v) is 13.8. The molecular weight excluding hydrogens is 232 g/mol. The molecule has 1 saturated carbocycles. The summed E-state index contributed by atoms with van der Waals surface area (Å²) >= 11 is 0. The van der Waals surface area contributed by atoms with Gasteiger partial charge in [-0.2, -0.15) is 0 Å². The highest BCUT2D eigenvalue weighted by Gasteiger charge is 2.30. The van der Waals surface area contributed by atoms with E-state index >= 15 is 0 Å². The Morgan fingerprint density at radius 1 is 1.26 bits per heavy atom. The minimum absolute atomic E-state index is 0.314. The second-order valence-electron chi connectivity index (χ2n) is 7.36. The van der Waals surface area contributed by atoms with E-state index in [0.717, 1.165) is 18.5 Å². The highest BCUT2D eigenvalue weighted by Crippen LogP contribution is 2.29. The molecule has 0 aromatic heterocycles. The second kappa shape index (κ2) is 8.26. The van der Waals surface area contributed by atoms with Crippen molar-refractivity contribution >= 4 is 0 Å². The standard InChI is InChI=1S/C17H36N2/c1-5-11-17(4,13-18)14-19(12-10-15(2)3)16-8-6-7-9-16/h15-16H,5-14,18H2,1-4H3. The first-order valence-electron chi connectivity index (χ1n) is 8.45. The third-order valence-corrected chi connectivity index (χ3v) is 4.77. The van der Waals surface area contributed by atoms with Crippen LogP contribution in [0.4, 0.5) is 0 Å². The van der Waals surface area contributed by atoms with Crippen molar-refractivity contribution in [2.75, 3.05) is 19.6 Å². The fourth-order valence-electron chi connectivity index (χ4n) is 3.42. The van der Waals surface area contributed by atoms with Crippen molar-refractivity contribution in [3.05, 3.63) is 0 Å². The Bertz CT molecular complexity index is 233. The van der Waals surface area contributed by atoms with E-state index in [0.29, 0.717) is 5.41 Å². The van der Waals surface area contributed by atoms with Gasteiger partial charge in [-0.25, -0.2) is 0 Å². The molecule has 0 saturated heterocycles. The summed E-state index contributed by atoms with van der Waals surface area (Å²) in [4.78, 5) is 2.77. The molecular formula is C17H36N2. The lowest BCUT2D eigenvalue weighted by Crippen LogP contribution is -2.45. The van der Waals surface area contributed by atoms with E-state index in [1.54, 1.807) is 0 Å². The molecule has 1 rings (SSSR count). The van der Waals surface area contributed by atoms with Gasteiger partial charge >= 0.3 is 0 Å². The number of hydrogen-bond donors (Lipinski definition) is 1. The summed E-state index contributed by atoms with van der Waals surface area (Å²) < 4.78 is 0. The fraction of sp³-hybridized carbons (Fsp3) is 1.00. The molecule has 0 amide bonds. The van der Waals surface area contributed by atoms with Gasteiger partial charge in [0.25, 0.3) is 0 Å². The van der Waals surface area contributed by atoms with Crippen molar-refractivity contribution in [1.29, 1.82) is 0 Å². The molecule has 2 nitrogen and oxygen atoms in total. The highest BCUT2D eigenvalue weighted by atomic mass is 15.2. The maximum absolute atomic E-state index is 6.07.